The highest BCUT2D eigenvalue weighted by atomic mass is 16.2. The first-order valence-electron chi connectivity index (χ1n) is 6.23. The van der Waals surface area contributed by atoms with Crippen LogP contribution in [0.4, 0.5) is 0 Å². The van der Waals surface area contributed by atoms with E-state index < -0.39 is 0 Å². The third-order valence-corrected chi connectivity index (χ3v) is 3.75. The standard InChI is InChI=1S/C13H20N2O/c1-2-3-4-8-14-13(16)12-11-7-5-6-10(11)9-15-12/h10-12,15H,4-9H2,1H3,(H,14,16). The third kappa shape index (κ3) is 2.38. The summed E-state index contributed by atoms with van der Waals surface area (Å²) in [5.74, 6) is 7.28. The Morgan fingerprint density at radius 3 is 3.19 bits per heavy atom. The zero-order valence-corrected chi connectivity index (χ0v) is 9.88. The minimum atomic E-state index is 0.0575. The Kier molecular flexibility index (Phi) is 3.84. The summed E-state index contributed by atoms with van der Waals surface area (Å²) in [6, 6.07) is 0.0575. The van der Waals surface area contributed by atoms with Gasteiger partial charge in [-0.05, 0) is 38.1 Å². The highest BCUT2D eigenvalue weighted by Gasteiger charge is 2.42. The smallest absolute Gasteiger partial charge is 0.237 e. The van der Waals surface area contributed by atoms with Gasteiger partial charge < -0.3 is 10.6 Å². The Morgan fingerprint density at radius 2 is 2.38 bits per heavy atom. The molecule has 3 nitrogen and oxygen atoms in total. The van der Waals surface area contributed by atoms with E-state index in [1.165, 1.54) is 19.3 Å². The number of carbonyl (C=O) groups excluding carboxylic acids is 1. The predicted molar refractivity (Wildman–Crippen MR) is 63.7 cm³/mol. The maximum Gasteiger partial charge on any atom is 0.237 e. The molecule has 1 saturated heterocycles. The quantitative estimate of drug-likeness (QED) is 0.548. The molecular formula is C13H20N2O. The summed E-state index contributed by atoms with van der Waals surface area (Å²) in [6.07, 6.45) is 4.55. The molecule has 0 bridgehead atoms. The highest BCUT2D eigenvalue weighted by Crippen LogP contribution is 2.37. The molecule has 3 heteroatoms. The molecule has 3 unspecified atom stereocenters. The van der Waals surface area contributed by atoms with Gasteiger partial charge in [0, 0.05) is 13.0 Å². The molecule has 1 saturated carbocycles. The fourth-order valence-electron chi connectivity index (χ4n) is 2.96. The lowest BCUT2D eigenvalue weighted by atomic mass is 9.93. The van der Waals surface area contributed by atoms with Crippen LogP contribution >= 0.6 is 0 Å². The summed E-state index contributed by atoms with van der Waals surface area (Å²) in [7, 11) is 0. The van der Waals surface area contributed by atoms with Crippen LogP contribution in [-0.2, 0) is 4.79 Å². The molecule has 1 aliphatic carbocycles. The van der Waals surface area contributed by atoms with Crippen molar-refractivity contribution in [3.8, 4) is 11.8 Å². The number of nitrogens with one attached hydrogen (secondary N) is 2. The van der Waals surface area contributed by atoms with Gasteiger partial charge in [-0.2, -0.15) is 0 Å². The Balaban J connectivity index is 1.78. The molecule has 1 heterocycles. The van der Waals surface area contributed by atoms with Crippen molar-refractivity contribution in [3.05, 3.63) is 0 Å². The second-order valence-corrected chi connectivity index (χ2v) is 4.71. The van der Waals surface area contributed by atoms with Gasteiger partial charge >= 0.3 is 0 Å². The molecule has 16 heavy (non-hydrogen) atoms. The van der Waals surface area contributed by atoms with Crippen LogP contribution in [0.5, 0.6) is 0 Å². The maximum atomic E-state index is 11.9. The summed E-state index contributed by atoms with van der Waals surface area (Å²) < 4.78 is 0. The molecule has 3 atom stereocenters. The van der Waals surface area contributed by atoms with Crippen molar-refractivity contribution in [1.29, 1.82) is 0 Å². The summed E-state index contributed by atoms with van der Waals surface area (Å²) in [6.45, 7) is 3.52. The zero-order valence-electron chi connectivity index (χ0n) is 9.88. The first kappa shape index (κ1) is 11.5. The van der Waals surface area contributed by atoms with Crippen molar-refractivity contribution < 1.29 is 4.79 Å². The molecule has 2 aliphatic rings. The first-order chi connectivity index (χ1) is 7.83. The van der Waals surface area contributed by atoms with E-state index in [1.807, 2.05) is 6.92 Å². The van der Waals surface area contributed by atoms with E-state index in [-0.39, 0.29) is 11.9 Å². The predicted octanol–water partition coefficient (Wildman–Crippen LogP) is 0.904. The van der Waals surface area contributed by atoms with Crippen molar-refractivity contribution >= 4 is 5.91 Å². The normalized spacial score (nSPS) is 31.7. The fraction of sp³-hybridized carbons (Fsp3) is 0.769. The van der Waals surface area contributed by atoms with Crippen LogP contribution in [0.3, 0.4) is 0 Å². The van der Waals surface area contributed by atoms with Gasteiger partial charge in [-0.1, -0.05) is 6.42 Å². The molecule has 0 aromatic heterocycles. The summed E-state index contributed by atoms with van der Waals surface area (Å²) in [4.78, 5) is 11.9. The summed E-state index contributed by atoms with van der Waals surface area (Å²) >= 11 is 0. The fourth-order valence-corrected chi connectivity index (χ4v) is 2.96. The third-order valence-electron chi connectivity index (χ3n) is 3.75. The number of carbonyl (C=O) groups is 1. The van der Waals surface area contributed by atoms with Crippen LogP contribution < -0.4 is 10.6 Å². The monoisotopic (exact) mass is 220 g/mol. The Hall–Kier alpha value is -1.01. The number of hydrogen-bond acceptors (Lipinski definition) is 2. The van der Waals surface area contributed by atoms with Crippen LogP contribution in [-0.4, -0.2) is 25.0 Å². The van der Waals surface area contributed by atoms with Crippen molar-refractivity contribution in [3.63, 3.8) is 0 Å². The molecular weight excluding hydrogens is 200 g/mol. The molecule has 2 rings (SSSR count). The number of rotatable bonds is 3. The van der Waals surface area contributed by atoms with Gasteiger partial charge in [0.1, 0.15) is 0 Å². The lowest BCUT2D eigenvalue weighted by molar-refractivity contribution is -0.123. The molecule has 1 aliphatic heterocycles. The highest BCUT2D eigenvalue weighted by molar-refractivity contribution is 5.82. The van der Waals surface area contributed by atoms with Crippen molar-refractivity contribution in [2.75, 3.05) is 13.1 Å². The van der Waals surface area contributed by atoms with E-state index in [9.17, 15) is 4.79 Å². The van der Waals surface area contributed by atoms with E-state index in [4.69, 9.17) is 0 Å². The van der Waals surface area contributed by atoms with E-state index in [2.05, 4.69) is 22.5 Å². The zero-order chi connectivity index (χ0) is 11.4. The SMILES string of the molecule is CC#CCCNC(=O)C1NCC2CCCC21. The van der Waals surface area contributed by atoms with Gasteiger partial charge in [-0.3, -0.25) is 4.79 Å². The van der Waals surface area contributed by atoms with Gasteiger partial charge in [0.15, 0.2) is 0 Å². The van der Waals surface area contributed by atoms with Gasteiger partial charge in [0.2, 0.25) is 5.91 Å². The van der Waals surface area contributed by atoms with E-state index in [0.29, 0.717) is 12.5 Å². The second-order valence-electron chi connectivity index (χ2n) is 4.71. The number of hydrogen-bond donors (Lipinski definition) is 2. The van der Waals surface area contributed by atoms with E-state index in [1.54, 1.807) is 0 Å². The van der Waals surface area contributed by atoms with Crippen LogP contribution in [0, 0.1) is 23.7 Å². The summed E-state index contributed by atoms with van der Waals surface area (Å²) in [5, 5.41) is 6.32. The van der Waals surface area contributed by atoms with Gasteiger partial charge in [-0.25, -0.2) is 0 Å². The average Bonchev–Trinajstić information content (AvgIpc) is 2.85. The van der Waals surface area contributed by atoms with Crippen molar-refractivity contribution in [2.45, 2.75) is 38.6 Å². The largest absolute Gasteiger partial charge is 0.354 e. The molecule has 2 fully saturated rings. The van der Waals surface area contributed by atoms with E-state index in [0.717, 1.165) is 18.9 Å². The first-order valence-corrected chi connectivity index (χ1v) is 6.23. The lowest BCUT2D eigenvalue weighted by Gasteiger charge is -2.17. The molecule has 0 aromatic carbocycles. The molecule has 1 amide bonds. The molecule has 0 radical (unpaired) electrons. The number of amides is 1. The lowest BCUT2D eigenvalue weighted by Crippen LogP contribution is -2.44. The molecule has 88 valence electrons. The minimum absolute atomic E-state index is 0.0575. The van der Waals surface area contributed by atoms with Crippen LogP contribution in [0.25, 0.3) is 0 Å². The average molecular weight is 220 g/mol. The second kappa shape index (κ2) is 5.36. The van der Waals surface area contributed by atoms with Gasteiger partial charge in [0.05, 0.1) is 6.04 Å². The Bertz CT molecular complexity index is 316. The van der Waals surface area contributed by atoms with Gasteiger partial charge in [0.25, 0.3) is 0 Å². The summed E-state index contributed by atoms with van der Waals surface area (Å²) in [5.41, 5.74) is 0. The van der Waals surface area contributed by atoms with E-state index >= 15 is 0 Å². The van der Waals surface area contributed by atoms with Crippen molar-refractivity contribution in [1.82, 2.24) is 10.6 Å². The Morgan fingerprint density at radius 1 is 1.50 bits per heavy atom. The van der Waals surface area contributed by atoms with Crippen LogP contribution in [0.2, 0.25) is 0 Å². The topological polar surface area (TPSA) is 41.1 Å². The number of fused-ring (bicyclic) bond motifs is 1. The molecule has 0 aromatic rings. The maximum absolute atomic E-state index is 11.9. The minimum Gasteiger partial charge on any atom is -0.354 e. The Labute approximate surface area is 97.4 Å². The molecule has 0 spiro atoms. The van der Waals surface area contributed by atoms with Gasteiger partial charge in [-0.15, -0.1) is 11.8 Å². The molecule has 2 N–H and O–H groups in total. The van der Waals surface area contributed by atoms with Crippen molar-refractivity contribution in [2.24, 2.45) is 11.8 Å². The van der Waals surface area contributed by atoms with Crippen LogP contribution in [0.1, 0.15) is 32.6 Å². The van der Waals surface area contributed by atoms with Crippen LogP contribution in [0.15, 0.2) is 0 Å².